The van der Waals surface area contributed by atoms with E-state index in [-0.39, 0.29) is 25.3 Å². The maximum absolute atomic E-state index is 15.0. The first-order valence-corrected chi connectivity index (χ1v) is 13.0. The van der Waals surface area contributed by atoms with E-state index in [9.17, 15) is 31.9 Å². The minimum Gasteiger partial charge on any atom is -0.394 e. The van der Waals surface area contributed by atoms with Gasteiger partial charge in [0.1, 0.15) is 0 Å². The van der Waals surface area contributed by atoms with E-state index in [4.69, 9.17) is 16.3 Å². The van der Waals surface area contributed by atoms with Crippen molar-refractivity contribution in [2.45, 2.75) is 25.2 Å². The van der Waals surface area contributed by atoms with Gasteiger partial charge in [-0.1, -0.05) is 17.7 Å². The van der Waals surface area contributed by atoms with Crippen molar-refractivity contribution in [3.05, 3.63) is 58.1 Å². The van der Waals surface area contributed by atoms with Crippen LogP contribution in [0.4, 0.5) is 33.3 Å². The summed E-state index contributed by atoms with van der Waals surface area (Å²) in [5.74, 6) is -3.25. The second-order valence-corrected chi connectivity index (χ2v) is 10.1. The number of piperazine rings is 1. The Morgan fingerprint density at radius 2 is 1.79 bits per heavy atom. The van der Waals surface area contributed by atoms with Crippen LogP contribution in [-0.4, -0.2) is 92.1 Å². The van der Waals surface area contributed by atoms with Crippen molar-refractivity contribution in [2.24, 2.45) is 0 Å². The van der Waals surface area contributed by atoms with Crippen LogP contribution in [0.1, 0.15) is 22.3 Å². The molecule has 2 aromatic carbocycles. The Labute approximate surface area is 228 Å². The summed E-state index contributed by atoms with van der Waals surface area (Å²) in [5.41, 5.74) is 0.470. The first-order valence-electron chi connectivity index (χ1n) is 12.6. The molecule has 0 radical (unpaired) electrons. The molecule has 0 bridgehead atoms. The highest BCUT2D eigenvalue weighted by Crippen LogP contribution is 2.31. The molecule has 2 fully saturated rings. The van der Waals surface area contributed by atoms with Crippen molar-refractivity contribution in [1.82, 2.24) is 9.80 Å². The highest BCUT2D eigenvalue weighted by atomic mass is 35.5. The summed E-state index contributed by atoms with van der Waals surface area (Å²) in [6.45, 7) is 2.64. The molecular weight excluding hydrogens is 547 g/mol. The average Bonchev–Trinajstić information content (AvgIpc) is 2.91. The SMILES string of the molecule is O=C(Nc1ccc(Cl)cc1N1CCN(CCC(F)(F)F)CC1)c1ccc(CN2CCO[C@@H](CO)C2)c(F)c1F. The molecule has 0 unspecified atom stereocenters. The minimum atomic E-state index is -4.22. The molecule has 214 valence electrons. The Balaban J connectivity index is 1.43. The molecule has 13 heteroatoms. The molecule has 7 nitrogen and oxygen atoms in total. The molecular formula is C26H30ClF5N4O3. The number of ether oxygens (including phenoxy) is 1. The highest BCUT2D eigenvalue weighted by molar-refractivity contribution is 6.31. The lowest BCUT2D eigenvalue weighted by Gasteiger charge is -2.37. The van der Waals surface area contributed by atoms with Gasteiger partial charge in [0.05, 0.1) is 42.7 Å². The first-order chi connectivity index (χ1) is 18.5. The molecule has 2 aliphatic heterocycles. The number of amides is 1. The Morgan fingerprint density at radius 1 is 1.05 bits per heavy atom. The number of benzene rings is 2. The van der Waals surface area contributed by atoms with E-state index in [0.29, 0.717) is 62.3 Å². The fourth-order valence-electron chi connectivity index (χ4n) is 4.72. The molecule has 1 atom stereocenters. The third kappa shape index (κ3) is 7.79. The van der Waals surface area contributed by atoms with Crippen molar-refractivity contribution in [3.63, 3.8) is 0 Å². The van der Waals surface area contributed by atoms with E-state index in [1.807, 2.05) is 9.80 Å². The molecule has 0 aliphatic carbocycles. The Morgan fingerprint density at radius 3 is 2.49 bits per heavy atom. The molecule has 2 saturated heterocycles. The van der Waals surface area contributed by atoms with Crippen LogP contribution in [0.25, 0.3) is 0 Å². The normalized spacial score (nSPS) is 19.4. The third-order valence-electron chi connectivity index (χ3n) is 6.86. The minimum absolute atomic E-state index is 0.0817. The molecule has 39 heavy (non-hydrogen) atoms. The van der Waals surface area contributed by atoms with Crippen molar-refractivity contribution in [2.75, 3.05) is 69.2 Å². The number of halogens is 6. The number of nitrogens with zero attached hydrogens (tertiary/aromatic N) is 3. The van der Waals surface area contributed by atoms with Gasteiger partial charge in [0, 0.05) is 62.9 Å². The van der Waals surface area contributed by atoms with Gasteiger partial charge >= 0.3 is 6.18 Å². The van der Waals surface area contributed by atoms with E-state index in [1.165, 1.54) is 12.1 Å². The predicted molar refractivity (Wildman–Crippen MR) is 137 cm³/mol. The molecule has 2 heterocycles. The zero-order valence-corrected chi connectivity index (χ0v) is 21.9. The monoisotopic (exact) mass is 576 g/mol. The average molecular weight is 577 g/mol. The molecule has 2 N–H and O–H groups in total. The van der Waals surface area contributed by atoms with E-state index in [2.05, 4.69) is 5.32 Å². The number of aliphatic hydroxyl groups excluding tert-OH is 1. The number of alkyl halides is 3. The predicted octanol–water partition coefficient (Wildman–Crippen LogP) is 4.14. The number of hydrogen-bond donors (Lipinski definition) is 2. The Hall–Kier alpha value is -2.51. The van der Waals surface area contributed by atoms with Crippen molar-refractivity contribution >= 4 is 28.9 Å². The van der Waals surface area contributed by atoms with E-state index < -0.39 is 41.8 Å². The zero-order valence-electron chi connectivity index (χ0n) is 21.1. The van der Waals surface area contributed by atoms with Gasteiger partial charge in [0.2, 0.25) is 0 Å². The number of carbonyl (C=O) groups excluding carboxylic acids is 1. The zero-order chi connectivity index (χ0) is 28.2. The van der Waals surface area contributed by atoms with Gasteiger partial charge in [0.15, 0.2) is 11.6 Å². The highest BCUT2D eigenvalue weighted by Gasteiger charge is 2.29. The van der Waals surface area contributed by atoms with Crippen LogP contribution >= 0.6 is 11.6 Å². The number of rotatable bonds is 8. The van der Waals surface area contributed by atoms with Gasteiger partial charge in [-0.15, -0.1) is 0 Å². The number of anilines is 2. The number of morpholine rings is 1. The van der Waals surface area contributed by atoms with Crippen molar-refractivity contribution in [3.8, 4) is 0 Å². The summed E-state index contributed by atoms with van der Waals surface area (Å²) in [6.07, 6.45) is -5.50. The van der Waals surface area contributed by atoms with Gasteiger partial charge in [0.25, 0.3) is 5.91 Å². The van der Waals surface area contributed by atoms with E-state index >= 15 is 0 Å². The summed E-state index contributed by atoms with van der Waals surface area (Å²) < 4.78 is 73.0. The molecule has 2 aliphatic rings. The van der Waals surface area contributed by atoms with Gasteiger partial charge in [-0.05, 0) is 24.3 Å². The van der Waals surface area contributed by atoms with Crippen LogP contribution < -0.4 is 10.2 Å². The Bertz CT molecular complexity index is 1160. The summed E-state index contributed by atoms with van der Waals surface area (Å²) in [5, 5.41) is 12.3. The summed E-state index contributed by atoms with van der Waals surface area (Å²) >= 11 is 6.17. The van der Waals surface area contributed by atoms with Gasteiger partial charge in [-0.25, -0.2) is 8.78 Å². The number of aliphatic hydroxyl groups is 1. The second-order valence-electron chi connectivity index (χ2n) is 9.62. The fourth-order valence-corrected chi connectivity index (χ4v) is 4.89. The second kappa shape index (κ2) is 12.8. The lowest BCUT2D eigenvalue weighted by molar-refractivity contribution is -0.138. The summed E-state index contributed by atoms with van der Waals surface area (Å²) in [6, 6.07) is 7.29. The maximum atomic E-state index is 15.0. The van der Waals surface area contributed by atoms with Gasteiger partial charge in [-0.3, -0.25) is 14.6 Å². The van der Waals surface area contributed by atoms with Crippen molar-refractivity contribution in [1.29, 1.82) is 0 Å². The molecule has 2 aromatic rings. The smallest absolute Gasteiger partial charge is 0.390 e. The fraction of sp³-hybridized carbons (Fsp3) is 0.500. The lowest BCUT2D eigenvalue weighted by Crippen LogP contribution is -2.47. The van der Waals surface area contributed by atoms with Crippen molar-refractivity contribution < 1.29 is 36.6 Å². The number of hydrogen-bond acceptors (Lipinski definition) is 6. The van der Waals surface area contributed by atoms with Gasteiger partial charge < -0.3 is 20.1 Å². The summed E-state index contributed by atoms with van der Waals surface area (Å²) in [4.78, 5) is 18.4. The summed E-state index contributed by atoms with van der Waals surface area (Å²) in [7, 11) is 0. The maximum Gasteiger partial charge on any atom is 0.390 e. The topological polar surface area (TPSA) is 68.3 Å². The molecule has 0 aromatic heterocycles. The van der Waals surface area contributed by atoms with Crippen LogP contribution in [-0.2, 0) is 11.3 Å². The Kier molecular flexibility index (Phi) is 9.65. The lowest BCUT2D eigenvalue weighted by atomic mass is 10.1. The molecule has 0 saturated carbocycles. The molecule has 4 rings (SSSR count). The van der Waals surface area contributed by atoms with E-state index in [0.717, 1.165) is 0 Å². The van der Waals surface area contributed by atoms with Gasteiger partial charge in [-0.2, -0.15) is 13.2 Å². The quantitative estimate of drug-likeness (QED) is 0.461. The third-order valence-corrected chi connectivity index (χ3v) is 7.09. The van der Waals surface area contributed by atoms with Crippen LogP contribution in [0.15, 0.2) is 30.3 Å². The van der Waals surface area contributed by atoms with Crippen LogP contribution in [0.3, 0.4) is 0 Å². The first kappa shape index (κ1) is 29.5. The molecule has 1 amide bonds. The standard InChI is InChI=1S/C26H30ClF5N4O3/c27-18-2-4-21(22(13-18)36-9-7-34(8-10-36)6-5-26(30,31)32)33-25(38)20-3-1-17(23(28)24(20)29)14-35-11-12-39-19(15-35)16-37/h1-4,13,19,37H,5-12,14-16H2,(H,33,38)/t19-/m1/s1. The number of carbonyl (C=O) groups is 1. The van der Waals surface area contributed by atoms with Crippen LogP contribution in [0, 0.1) is 11.6 Å². The van der Waals surface area contributed by atoms with E-state index in [1.54, 1.807) is 23.1 Å². The largest absolute Gasteiger partial charge is 0.394 e. The van der Waals surface area contributed by atoms with Crippen LogP contribution in [0.5, 0.6) is 0 Å². The van der Waals surface area contributed by atoms with Crippen LogP contribution in [0.2, 0.25) is 5.02 Å². The molecule has 0 spiro atoms. The number of nitrogens with one attached hydrogen (secondary N) is 1.